The first-order valence-electron chi connectivity index (χ1n) is 4.21. The summed E-state index contributed by atoms with van der Waals surface area (Å²) < 4.78 is 50.6. The van der Waals surface area contributed by atoms with Gasteiger partial charge in [-0.3, -0.25) is 0 Å². The predicted octanol–water partition coefficient (Wildman–Crippen LogP) is 4.11. The summed E-state index contributed by atoms with van der Waals surface area (Å²) in [6.45, 7) is 3.28. The van der Waals surface area contributed by atoms with Gasteiger partial charge in [0.15, 0.2) is 0 Å². The molecule has 1 nitrogen and oxygen atoms in total. The molecule has 0 spiro atoms. The van der Waals surface area contributed by atoms with Gasteiger partial charge in [-0.15, -0.1) is 19.0 Å². The van der Waals surface area contributed by atoms with Crippen molar-refractivity contribution in [3.05, 3.63) is 46.8 Å². The number of hydrogen-bond donors (Lipinski definition) is 1. The summed E-state index contributed by atoms with van der Waals surface area (Å²) in [4.78, 5) is 0. The first-order valence-corrected chi connectivity index (χ1v) is 4.59. The van der Waals surface area contributed by atoms with E-state index in [1.54, 1.807) is 0 Å². The Labute approximate surface area is 107 Å². The highest BCUT2D eigenvalue weighted by molar-refractivity contribution is 6.30. The molecular weight excluding hydrogens is 281 g/mol. The van der Waals surface area contributed by atoms with Crippen LogP contribution < -0.4 is 5.73 Å². The second-order valence-electron chi connectivity index (χ2n) is 3.12. The van der Waals surface area contributed by atoms with E-state index >= 15 is 0 Å². The predicted molar refractivity (Wildman–Crippen MR) is 60.8 cm³/mol. The van der Waals surface area contributed by atoms with Crippen LogP contribution >= 0.6 is 24.0 Å². The van der Waals surface area contributed by atoms with Crippen molar-refractivity contribution in [1.29, 1.82) is 0 Å². The largest absolute Gasteiger partial charge is 0.416 e. The molecule has 0 heterocycles. The number of nitrogens with two attached hydrogens (primary N) is 1. The summed E-state index contributed by atoms with van der Waals surface area (Å²) in [5.74, 6) is -0.956. The minimum absolute atomic E-state index is 0. The molecule has 0 saturated heterocycles. The first kappa shape index (κ1) is 16.2. The van der Waals surface area contributed by atoms with Crippen LogP contribution in [0.1, 0.15) is 17.2 Å². The fourth-order valence-corrected chi connectivity index (χ4v) is 1.37. The number of rotatable bonds is 2. The maximum Gasteiger partial charge on any atom is 0.416 e. The molecule has 1 aromatic rings. The molecule has 96 valence electrons. The van der Waals surface area contributed by atoms with Gasteiger partial charge in [-0.2, -0.15) is 13.2 Å². The minimum Gasteiger partial charge on any atom is -0.321 e. The van der Waals surface area contributed by atoms with E-state index in [0.29, 0.717) is 12.1 Å². The monoisotopic (exact) mass is 289 g/mol. The summed E-state index contributed by atoms with van der Waals surface area (Å²) in [7, 11) is 0. The minimum atomic E-state index is -4.59. The van der Waals surface area contributed by atoms with Crippen LogP contribution in [0.3, 0.4) is 0 Å². The molecule has 0 saturated carbocycles. The van der Waals surface area contributed by atoms with E-state index in [-0.39, 0.29) is 18.0 Å². The van der Waals surface area contributed by atoms with Crippen LogP contribution in [-0.4, -0.2) is 0 Å². The van der Waals surface area contributed by atoms with Crippen LogP contribution in [0.15, 0.2) is 24.8 Å². The van der Waals surface area contributed by atoms with Gasteiger partial charge in [-0.25, -0.2) is 4.39 Å². The summed E-state index contributed by atoms with van der Waals surface area (Å²) in [5.41, 5.74) is 4.03. The lowest BCUT2D eigenvalue weighted by atomic mass is 10.0. The summed E-state index contributed by atoms with van der Waals surface area (Å²) in [6.07, 6.45) is -3.46. The van der Waals surface area contributed by atoms with Crippen molar-refractivity contribution in [1.82, 2.24) is 0 Å². The van der Waals surface area contributed by atoms with Crippen molar-refractivity contribution in [3.8, 4) is 0 Å². The van der Waals surface area contributed by atoms with E-state index in [9.17, 15) is 17.6 Å². The zero-order valence-electron chi connectivity index (χ0n) is 8.39. The Hall–Kier alpha value is -0.780. The standard InChI is InChI=1S/C10H8ClF4N.ClH/c1-2-8(16)6-3-5(10(13,14)15)4-7(11)9(6)12;/h2-4,8H,1,16H2;1H/t8-;/m1./s1. The van der Waals surface area contributed by atoms with E-state index in [4.69, 9.17) is 17.3 Å². The van der Waals surface area contributed by atoms with Gasteiger partial charge in [-0.05, 0) is 12.1 Å². The highest BCUT2D eigenvalue weighted by Crippen LogP contribution is 2.34. The zero-order valence-corrected chi connectivity index (χ0v) is 9.96. The second-order valence-corrected chi connectivity index (χ2v) is 3.53. The van der Waals surface area contributed by atoms with Crippen LogP contribution in [0.2, 0.25) is 5.02 Å². The average molecular weight is 290 g/mol. The van der Waals surface area contributed by atoms with Crippen molar-refractivity contribution >= 4 is 24.0 Å². The Bertz CT molecular complexity index is 418. The molecular formula is C10H9Cl2F4N. The second kappa shape index (κ2) is 5.71. The quantitative estimate of drug-likeness (QED) is 0.644. The van der Waals surface area contributed by atoms with Gasteiger partial charge in [0.25, 0.3) is 0 Å². The molecule has 1 rings (SSSR count). The molecule has 0 amide bonds. The fourth-order valence-electron chi connectivity index (χ4n) is 1.14. The first-order chi connectivity index (χ1) is 7.27. The number of hydrogen-bond acceptors (Lipinski definition) is 1. The molecule has 2 N–H and O–H groups in total. The maximum atomic E-state index is 13.4. The van der Waals surface area contributed by atoms with E-state index in [0.717, 1.165) is 6.08 Å². The Morgan fingerprint density at radius 2 is 1.88 bits per heavy atom. The molecule has 1 atom stereocenters. The molecule has 0 unspecified atom stereocenters. The highest BCUT2D eigenvalue weighted by atomic mass is 35.5. The lowest BCUT2D eigenvalue weighted by Crippen LogP contribution is -2.13. The van der Waals surface area contributed by atoms with Crippen LogP contribution in [0.25, 0.3) is 0 Å². The Morgan fingerprint density at radius 3 is 2.29 bits per heavy atom. The smallest absolute Gasteiger partial charge is 0.321 e. The molecule has 0 bridgehead atoms. The summed E-state index contributed by atoms with van der Waals surface area (Å²) in [6, 6.07) is 0.129. The third-order valence-electron chi connectivity index (χ3n) is 2.00. The Kier molecular flexibility index (Phi) is 5.45. The molecule has 0 fully saturated rings. The molecule has 17 heavy (non-hydrogen) atoms. The van der Waals surface area contributed by atoms with Crippen molar-refractivity contribution in [2.24, 2.45) is 5.73 Å². The van der Waals surface area contributed by atoms with Gasteiger partial charge >= 0.3 is 6.18 Å². The van der Waals surface area contributed by atoms with Gasteiger partial charge in [0.2, 0.25) is 0 Å². The van der Waals surface area contributed by atoms with Gasteiger partial charge in [0, 0.05) is 5.56 Å². The molecule has 0 aliphatic rings. The van der Waals surface area contributed by atoms with Crippen molar-refractivity contribution < 1.29 is 17.6 Å². The zero-order chi connectivity index (χ0) is 12.5. The average Bonchev–Trinajstić information content (AvgIpc) is 2.19. The maximum absolute atomic E-state index is 13.4. The molecule has 0 aliphatic heterocycles. The molecule has 0 aliphatic carbocycles. The van der Waals surface area contributed by atoms with E-state index < -0.39 is 28.6 Å². The van der Waals surface area contributed by atoms with Gasteiger partial charge < -0.3 is 5.73 Å². The van der Waals surface area contributed by atoms with Crippen LogP contribution in [0.5, 0.6) is 0 Å². The molecule has 7 heteroatoms. The Balaban J connectivity index is 0.00000256. The number of halogens is 6. The van der Waals surface area contributed by atoms with Crippen molar-refractivity contribution in [2.45, 2.75) is 12.2 Å². The summed E-state index contributed by atoms with van der Waals surface area (Å²) >= 11 is 5.36. The lowest BCUT2D eigenvalue weighted by Gasteiger charge is -2.13. The van der Waals surface area contributed by atoms with E-state index in [1.165, 1.54) is 0 Å². The molecule has 0 aromatic heterocycles. The molecule has 1 aromatic carbocycles. The topological polar surface area (TPSA) is 26.0 Å². The van der Waals surface area contributed by atoms with E-state index in [1.807, 2.05) is 0 Å². The summed E-state index contributed by atoms with van der Waals surface area (Å²) in [5, 5.41) is -0.609. The normalized spacial score (nSPS) is 12.8. The van der Waals surface area contributed by atoms with Crippen LogP contribution in [0.4, 0.5) is 17.6 Å². The van der Waals surface area contributed by atoms with Crippen molar-refractivity contribution in [2.75, 3.05) is 0 Å². The lowest BCUT2D eigenvalue weighted by molar-refractivity contribution is -0.137. The van der Waals surface area contributed by atoms with Gasteiger partial charge in [0.05, 0.1) is 16.6 Å². The number of alkyl halides is 3. The highest BCUT2D eigenvalue weighted by Gasteiger charge is 2.32. The Morgan fingerprint density at radius 1 is 1.35 bits per heavy atom. The van der Waals surface area contributed by atoms with E-state index in [2.05, 4.69) is 6.58 Å². The van der Waals surface area contributed by atoms with Crippen molar-refractivity contribution in [3.63, 3.8) is 0 Å². The third kappa shape index (κ3) is 3.59. The molecule has 0 radical (unpaired) electrons. The van der Waals surface area contributed by atoms with Gasteiger partial charge in [-0.1, -0.05) is 17.7 Å². The van der Waals surface area contributed by atoms with Crippen LogP contribution in [0, 0.1) is 5.82 Å². The third-order valence-corrected chi connectivity index (χ3v) is 2.27. The van der Waals surface area contributed by atoms with Crippen LogP contribution in [-0.2, 0) is 6.18 Å². The fraction of sp³-hybridized carbons (Fsp3) is 0.200. The SMILES string of the molecule is C=C[C@@H](N)c1cc(C(F)(F)F)cc(Cl)c1F.Cl. The van der Waals surface area contributed by atoms with Gasteiger partial charge in [0.1, 0.15) is 5.82 Å². The number of benzene rings is 1.